The van der Waals surface area contributed by atoms with Gasteiger partial charge in [-0.3, -0.25) is 19.2 Å². The molecule has 0 spiro atoms. The lowest BCUT2D eigenvalue weighted by Gasteiger charge is -2.18. The van der Waals surface area contributed by atoms with Crippen LogP contribution in [-0.2, 0) is 19.2 Å². The summed E-state index contributed by atoms with van der Waals surface area (Å²) in [7, 11) is 0. The van der Waals surface area contributed by atoms with Crippen molar-refractivity contribution in [1.82, 2.24) is 10.6 Å². The van der Waals surface area contributed by atoms with Gasteiger partial charge in [-0.2, -0.15) is 11.8 Å². The maximum absolute atomic E-state index is 12.3. The Morgan fingerprint density at radius 2 is 1.42 bits per heavy atom. The van der Waals surface area contributed by atoms with Gasteiger partial charge in [0.2, 0.25) is 11.8 Å². The molecule has 0 aromatic heterocycles. The number of thioether (sulfide) groups is 1. The number of aliphatic carboxylic acids is 2. The molecule has 0 saturated heterocycles. The number of carbonyl (C=O) groups excluding carboxylic acids is 2. The van der Waals surface area contributed by atoms with E-state index in [-0.39, 0.29) is 12.8 Å². The van der Waals surface area contributed by atoms with Crippen LogP contribution in [-0.4, -0.2) is 64.1 Å². The minimum absolute atomic E-state index is 0.0451. The third kappa shape index (κ3) is 19.4. The molecule has 10 heteroatoms. The Labute approximate surface area is 202 Å². The van der Waals surface area contributed by atoms with Crippen LogP contribution in [0.2, 0.25) is 0 Å². The molecule has 0 heterocycles. The number of carboxylic acid groups (broad SMARTS) is 2. The summed E-state index contributed by atoms with van der Waals surface area (Å²) in [5, 5.41) is 22.4. The third-order valence-corrected chi connectivity index (χ3v) is 6.39. The number of rotatable bonds is 22. The highest BCUT2D eigenvalue weighted by Crippen LogP contribution is 2.13. The number of hydrogen-bond acceptors (Lipinski definition) is 6. The van der Waals surface area contributed by atoms with Crippen molar-refractivity contribution in [2.75, 3.05) is 18.1 Å². The summed E-state index contributed by atoms with van der Waals surface area (Å²) in [6, 6.07) is -2.03. The van der Waals surface area contributed by atoms with Crippen LogP contribution in [0.3, 0.4) is 0 Å². The Kier molecular flexibility index (Phi) is 19.6. The molecule has 0 unspecified atom stereocenters. The van der Waals surface area contributed by atoms with Gasteiger partial charge in [-0.25, -0.2) is 0 Å². The van der Waals surface area contributed by atoms with Gasteiger partial charge in [-0.1, -0.05) is 71.1 Å². The molecule has 6 N–H and O–H groups in total. The molecule has 0 rings (SSSR count). The zero-order valence-corrected chi connectivity index (χ0v) is 20.8. The van der Waals surface area contributed by atoms with E-state index in [0.717, 1.165) is 18.6 Å². The van der Waals surface area contributed by atoms with Crippen molar-refractivity contribution in [2.45, 2.75) is 102 Å². The normalized spacial score (nSPS) is 12.7. The Bertz CT molecular complexity index is 576. The van der Waals surface area contributed by atoms with E-state index >= 15 is 0 Å². The number of nitrogens with two attached hydrogens (primary N) is 1. The predicted molar refractivity (Wildman–Crippen MR) is 131 cm³/mol. The first-order valence-electron chi connectivity index (χ1n) is 12.1. The number of unbranched alkanes of at least 4 members (excludes halogenated alkanes) is 10. The summed E-state index contributed by atoms with van der Waals surface area (Å²) in [4.78, 5) is 45.8. The van der Waals surface area contributed by atoms with Crippen LogP contribution in [0.4, 0.5) is 0 Å². The number of hydrogen-bond donors (Lipinski definition) is 5. The average Bonchev–Trinajstić information content (AvgIpc) is 2.77. The highest BCUT2D eigenvalue weighted by Gasteiger charge is 2.22. The molecule has 0 aliphatic heterocycles. The lowest BCUT2D eigenvalue weighted by Crippen LogP contribution is -2.49. The molecule has 192 valence electrons. The van der Waals surface area contributed by atoms with Crippen LogP contribution >= 0.6 is 11.8 Å². The second-order valence-electron chi connectivity index (χ2n) is 8.33. The molecule has 2 atom stereocenters. The first-order valence-corrected chi connectivity index (χ1v) is 13.3. The smallest absolute Gasteiger partial charge is 0.322 e. The summed E-state index contributed by atoms with van der Waals surface area (Å²) < 4.78 is 0. The summed E-state index contributed by atoms with van der Waals surface area (Å²) in [5.41, 5.74) is 5.40. The number of carboxylic acids is 2. The van der Waals surface area contributed by atoms with E-state index in [4.69, 9.17) is 15.9 Å². The first kappa shape index (κ1) is 31.2. The predicted octanol–water partition coefficient (Wildman–Crippen LogP) is 2.91. The topological polar surface area (TPSA) is 159 Å². The molecule has 0 bridgehead atoms. The molecule has 0 aromatic carbocycles. The fourth-order valence-electron chi connectivity index (χ4n) is 3.21. The molecular formula is C23H43N3O6S. The fourth-order valence-corrected chi connectivity index (χ4v) is 4.26. The molecule has 2 amide bonds. The van der Waals surface area contributed by atoms with E-state index < -0.39 is 42.4 Å². The molecular weight excluding hydrogens is 446 g/mol. The Morgan fingerprint density at radius 3 is 1.94 bits per heavy atom. The van der Waals surface area contributed by atoms with Crippen LogP contribution in [0.15, 0.2) is 0 Å². The van der Waals surface area contributed by atoms with Gasteiger partial charge < -0.3 is 26.6 Å². The third-order valence-electron chi connectivity index (χ3n) is 5.24. The Morgan fingerprint density at radius 1 is 0.879 bits per heavy atom. The van der Waals surface area contributed by atoms with Crippen LogP contribution in [0.5, 0.6) is 0 Å². The average molecular weight is 490 g/mol. The van der Waals surface area contributed by atoms with Gasteiger partial charge in [0.05, 0.1) is 0 Å². The first-order chi connectivity index (χ1) is 15.8. The van der Waals surface area contributed by atoms with Gasteiger partial charge in [0, 0.05) is 12.2 Å². The van der Waals surface area contributed by atoms with Crippen LogP contribution in [0, 0.1) is 0 Å². The molecule has 9 nitrogen and oxygen atoms in total. The molecule has 33 heavy (non-hydrogen) atoms. The monoisotopic (exact) mass is 489 g/mol. The largest absolute Gasteiger partial charge is 0.480 e. The highest BCUT2D eigenvalue weighted by molar-refractivity contribution is 7.99. The molecule has 0 aliphatic rings. The lowest BCUT2D eigenvalue weighted by atomic mass is 10.1. The van der Waals surface area contributed by atoms with Crippen molar-refractivity contribution in [3.63, 3.8) is 0 Å². The van der Waals surface area contributed by atoms with Gasteiger partial charge >= 0.3 is 11.9 Å². The van der Waals surface area contributed by atoms with E-state index in [0.29, 0.717) is 5.75 Å². The second-order valence-corrected chi connectivity index (χ2v) is 9.48. The van der Waals surface area contributed by atoms with Crippen molar-refractivity contribution in [2.24, 2.45) is 5.73 Å². The summed E-state index contributed by atoms with van der Waals surface area (Å²) in [6.45, 7) is 1.70. The van der Waals surface area contributed by atoms with E-state index in [2.05, 4.69) is 17.6 Å². The van der Waals surface area contributed by atoms with Gasteiger partial charge in [-0.05, 0) is 18.6 Å². The Hall–Kier alpha value is -1.81. The minimum Gasteiger partial charge on any atom is -0.480 e. The summed E-state index contributed by atoms with van der Waals surface area (Å²) in [6.07, 6.45) is 13.6. The molecule has 0 saturated carbocycles. The number of nitrogens with one attached hydrogen (secondary N) is 2. The number of carbonyl (C=O) groups is 4. The van der Waals surface area contributed by atoms with Crippen molar-refractivity contribution in [1.29, 1.82) is 0 Å². The van der Waals surface area contributed by atoms with E-state index in [9.17, 15) is 19.2 Å². The molecule has 0 radical (unpaired) electrons. The lowest BCUT2D eigenvalue weighted by molar-refractivity contribution is -0.139. The van der Waals surface area contributed by atoms with E-state index in [1.807, 2.05) is 0 Å². The quantitative estimate of drug-likeness (QED) is 0.145. The standard InChI is InChI=1S/C23H43N3O6S/c1-2-3-4-5-6-7-8-9-10-11-12-15-33-17-19(22(30)25-16-21(28)29)26-20(27)14-13-18(24)23(31)32/h18-19H,2-17,24H2,1H3,(H,25,30)(H,26,27)(H,28,29)(H,31,32)/t18-,19-/m0/s1. The zero-order chi connectivity index (χ0) is 24.9. The fraction of sp³-hybridized carbons (Fsp3) is 0.826. The number of amides is 2. The maximum atomic E-state index is 12.3. The van der Waals surface area contributed by atoms with Gasteiger partial charge in [0.1, 0.15) is 18.6 Å². The van der Waals surface area contributed by atoms with Crippen molar-refractivity contribution < 1.29 is 29.4 Å². The zero-order valence-electron chi connectivity index (χ0n) is 20.0. The van der Waals surface area contributed by atoms with Crippen molar-refractivity contribution in [3.8, 4) is 0 Å². The van der Waals surface area contributed by atoms with Crippen LogP contribution in [0.25, 0.3) is 0 Å². The van der Waals surface area contributed by atoms with Gasteiger partial charge in [0.25, 0.3) is 0 Å². The molecule has 0 fully saturated rings. The van der Waals surface area contributed by atoms with Crippen molar-refractivity contribution >= 4 is 35.5 Å². The van der Waals surface area contributed by atoms with Gasteiger partial charge in [0.15, 0.2) is 0 Å². The SMILES string of the molecule is CCCCCCCCCCCCCSC[C@H](NC(=O)CC[C@H](N)C(=O)O)C(=O)NCC(=O)O. The van der Waals surface area contributed by atoms with Crippen LogP contribution in [0.1, 0.15) is 90.4 Å². The second kappa shape index (κ2) is 20.8. The maximum Gasteiger partial charge on any atom is 0.322 e. The van der Waals surface area contributed by atoms with Gasteiger partial charge in [-0.15, -0.1) is 0 Å². The highest BCUT2D eigenvalue weighted by atomic mass is 32.2. The Balaban J connectivity index is 4.12. The van der Waals surface area contributed by atoms with Crippen LogP contribution < -0.4 is 16.4 Å². The summed E-state index contributed by atoms with van der Waals surface area (Å²) >= 11 is 1.53. The molecule has 0 aromatic rings. The minimum atomic E-state index is -1.19. The van der Waals surface area contributed by atoms with E-state index in [1.165, 1.54) is 69.5 Å². The molecule has 0 aliphatic carbocycles. The van der Waals surface area contributed by atoms with E-state index in [1.54, 1.807) is 0 Å². The van der Waals surface area contributed by atoms with Crippen molar-refractivity contribution in [3.05, 3.63) is 0 Å². The summed E-state index contributed by atoms with van der Waals surface area (Å²) in [5.74, 6) is -2.26.